The first kappa shape index (κ1) is 15.0. The quantitative estimate of drug-likeness (QED) is 0.894. The van der Waals surface area contributed by atoms with Gasteiger partial charge in [-0.15, -0.1) is 0 Å². The number of aromatic nitrogens is 2. The van der Waals surface area contributed by atoms with E-state index < -0.39 is 5.82 Å². The molecule has 0 aliphatic carbocycles. The summed E-state index contributed by atoms with van der Waals surface area (Å²) in [6.07, 6.45) is 6.15. The molecule has 5 nitrogen and oxygen atoms in total. The van der Waals surface area contributed by atoms with Gasteiger partial charge in [0.25, 0.3) is 0 Å². The van der Waals surface area contributed by atoms with Gasteiger partial charge in [0.05, 0.1) is 6.20 Å². The summed E-state index contributed by atoms with van der Waals surface area (Å²) < 4.78 is 13.5. The van der Waals surface area contributed by atoms with Crippen molar-refractivity contribution in [3.05, 3.63) is 12.0 Å². The van der Waals surface area contributed by atoms with Gasteiger partial charge in [-0.25, -0.2) is 9.37 Å². The van der Waals surface area contributed by atoms with Crippen molar-refractivity contribution < 1.29 is 4.39 Å². The highest BCUT2D eigenvalue weighted by Gasteiger charge is 2.18. The van der Waals surface area contributed by atoms with Crippen molar-refractivity contribution >= 4 is 11.8 Å². The average molecular weight is 281 g/mol. The van der Waals surface area contributed by atoms with Crippen LogP contribution in [0.3, 0.4) is 0 Å². The predicted octanol–water partition coefficient (Wildman–Crippen LogP) is 1.97. The number of nitrogens with zero attached hydrogens (tertiary/aromatic N) is 4. The fourth-order valence-corrected chi connectivity index (χ4v) is 2.62. The first-order chi connectivity index (χ1) is 9.58. The van der Waals surface area contributed by atoms with Gasteiger partial charge in [0.1, 0.15) is 0 Å². The van der Waals surface area contributed by atoms with Crippen LogP contribution >= 0.6 is 0 Å². The van der Waals surface area contributed by atoms with Gasteiger partial charge in [-0.1, -0.05) is 6.42 Å². The molecule has 6 heteroatoms. The maximum Gasteiger partial charge on any atom is 0.224 e. The van der Waals surface area contributed by atoms with Crippen LogP contribution in [0.4, 0.5) is 16.2 Å². The van der Waals surface area contributed by atoms with E-state index in [-0.39, 0.29) is 0 Å². The Labute approximate surface area is 120 Å². The number of hydrogen-bond donors (Lipinski definition) is 1. The summed E-state index contributed by atoms with van der Waals surface area (Å²) >= 11 is 0. The second kappa shape index (κ2) is 6.83. The zero-order valence-electron chi connectivity index (χ0n) is 12.6. The number of anilines is 2. The van der Waals surface area contributed by atoms with E-state index >= 15 is 0 Å². The first-order valence-electron chi connectivity index (χ1n) is 7.22. The van der Waals surface area contributed by atoms with Crippen LogP contribution in [0.5, 0.6) is 0 Å². The van der Waals surface area contributed by atoms with Crippen LogP contribution in [0.2, 0.25) is 0 Å². The molecule has 0 aromatic carbocycles. The Bertz CT molecular complexity index is 438. The predicted molar refractivity (Wildman–Crippen MR) is 79.7 cm³/mol. The lowest BCUT2D eigenvalue weighted by molar-refractivity contribution is 0.179. The van der Waals surface area contributed by atoms with Gasteiger partial charge in [-0.3, -0.25) is 0 Å². The normalized spacial score (nSPS) is 19.9. The van der Waals surface area contributed by atoms with E-state index in [0.29, 0.717) is 17.8 Å². The van der Waals surface area contributed by atoms with E-state index in [9.17, 15) is 4.39 Å². The minimum atomic E-state index is -0.396. The number of likely N-dealkylation sites (tertiary alicyclic amines) is 1. The van der Waals surface area contributed by atoms with Gasteiger partial charge in [-0.05, 0) is 32.9 Å². The van der Waals surface area contributed by atoms with Crippen molar-refractivity contribution in [3.8, 4) is 0 Å². The Morgan fingerprint density at radius 2 is 2.25 bits per heavy atom. The first-order valence-corrected chi connectivity index (χ1v) is 7.22. The summed E-state index contributed by atoms with van der Waals surface area (Å²) in [4.78, 5) is 12.2. The third-order valence-corrected chi connectivity index (χ3v) is 3.83. The molecule has 1 fully saturated rings. The molecule has 1 aromatic heterocycles. The summed E-state index contributed by atoms with van der Waals surface area (Å²) in [5, 5.41) is 3.19. The van der Waals surface area contributed by atoms with Gasteiger partial charge in [-0.2, -0.15) is 4.98 Å². The number of rotatable bonds is 5. The molecule has 1 unspecified atom stereocenters. The Balaban J connectivity index is 1.86. The molecule has 0 spiro atoms. The van der Waals surface area contributed by atoms with Crippen molar-refractivity contribution in [2.24, 2.45) is 0 Å². The molecule has 0 saturated carbocycles. The molecule has 0 amide bonds. The topological polar surface area (TPSA) is 44.3 Å². The van der Waals surface area contributed by atoms with Gasteiger partial charge in [0.2, 0.25) is 5.95 Å². The average Bonchev–Trinajstić information content (AvgIpc) is 2.42. The van der Waals surface area contributed by atoms with Crippen LogP contribution < -0.4 is 10.2 Å². The van der Waals surface area contributed by atoms with Crippen molar-refractivity contribution in [2.45, 2.75) is 31.7 Å². The molecule has 2 rings (SSSR count). The minimum absolute atomic E-state index is 0.317. The standard InChI is InChI=1S/C14H24FN5/c1-19(2)13-12(15)10-17-14(18-13)16-8-7-11-6-4-5-9-20(11)3/h10-11H,4-9H2,1-3H3,(H,16,17,18). The summed E-state index contributed by atoms with van der Waals surface area (Å²) in [7, 11) is 5.72. The van der Waals surface area contributed by atoms with Crippen LogP contribution in [-0.4, -0.2) is 55.1 Å². The Morgan fingerprint density at radius 1 is 1.45 bits per heavy atom. The molecule has 1 N–H and O–H groups in total. The van der Waals surface area contributed by atoms with Gasteiger partial charge < -0.3 is 15.1 Å². The Hall–Kier alpha value is -1.43. The van der Waals surface area contributed by atoms with E-state index in [0.717, 1.165) is 13.0 Å². The van der Waals surface area contributed by atoms with Crippen LogP contribution in [0, 0.1) is 5.82 Å². The molecule has 0 radical (unpaired) electrons. The maximum atomic E-state index is 13.5. The molecular weight excluding hydrogens is 257 g/mol. The van der Waals surface area contributed by atoms with E-state index in [4.69, 9.17) is 0 Å². The van der Waals surface area contributed by atoms with Gasteiger partial charge >= 0.3 is 0 Å². The lowest BCUT2D eigenvalue weighted by Crippen LogP contribution is -2.37. The third kappa shape index (κ3) is 3.79. The smallest absolute Gasteiger partial charge is 0.224 e. The molecule has 2 heterocycles. The Kier molecular flexibility index (Phi) is 5.11. The van der Waals surface area contributed by atoms with Gasteiger partial charge in [0.15, 0.2) is 11.6 Å². The monoisotopic (exact) mass is 281 g/mol. The van der Waals surface area contributed by atoms with Crippen LogP contribution in [-0.2, 0) is 0 Å². The zero-order valence-corrected chi connectivity index (χ0v) is 12.6. The highest BCUT2D eigenvalue weighted by molar-refractivity contribution is 5.42. The highest BCUT2D eigenvalue weighted by atomic mass is 19.1. The lowest BCUT2D eigenvalue weighted by Gasteiger charge is -2.32. The molecule has 20 heavy (non-hydrogen) atoms. The van der Waals surface area contributed by atoms with Crippen LogP contribution in [0.1, 0.15) is 25.7 Å². The van der Waals surface area contributed by atoms with Gasteiger partial charge in [0, 0.05) is 26.7 Å². The fraction of sp³-hybridized carbons (Fsp3) is 0.714. The summed E-state index contributed by atoms with van der Waals surface area (Å²) in [6, 6.07) is 0.630. The highest BCUT2D eigenvalue weighted by Crippen LogP contribution is 2.18. The van der Waals surface area contributed by atoms with E-state index in [1.807, 2.05) is 0 Å². The van der Waals surface area contributed by atoms with E-state index in [1.54, 1.807) is 19.0 Å². The van der Waals surface area contributed by atoms with Crippen molar-refractivity contribution in [2.75, 3.05) is 44.4 Å². The van der Waals surface area contributed by atoms with Crippen LogP contribution in [0.25, 0.3) is 0 Å². The largest absolute Gasteiger partial charge is 0.360 e. The molecule has 112 valence electrons. The van der Waals surface area contributed by atoms with Crippen molar-refractivity contribution in [3.63, 3.8) is 0 Å². The number of halogens is 1. The summed E-state index contributed by atoms with van der Waals surface area (Å²) in [5.41, 5.74) is 0. The van der Waals surface area contributed by atoms with E-state index in [2.05, 4.69) is 27.2 Å². The second-order valence-electron chi connectivity index (χ2n) is 5.61. The molecular formula is C14H24FN5. The fourth-order valence-electron chi connectivity index (χ4n) is 2.62. The molecule has 0 bridgehead atoms. The van der Waals surface area contributed by atoms with Crippen LogP contribution in [0.15, 0.2) is 6.20 Å². The number of piperidine rings is 1. The molecule has 1 saturated heterocycles. The zero-order chi connectivity index (χ0) is 14.5. The van der Waals surface area contributed by atoms with Crippen molar-refractivity contribution in [1.82, 2.24) is 14.9 Å². The lowest BCUT2D eigenvalue weighted by atomic mass is 10.0. The van der Waals surface area contributed by atoms with E-state index in [1.165, 1.54) is 32.0 Å². The second-order valence-corrected chi connectivity index (χ2v) is 5.61. The molecule has 1 aliphatic heterocycles. The Morgan fingerprint density at radius 3 is 2.95 bits per heavy atom. The van der Waals surface area contributed by atoms with Crippen molar-refractivity contribution in [1.29, 1.82) is 0 Å². The number of hydrogen-bond acceptors (Lipinski definition) is 5. The molecule has 1 atom stereocenters. The summed E-state index contributed by atoms with van der Waals surface area (Å²) in [5.74, 6) is 0.415. The SMILES string of the molecule is CN(C)c1nc(NCCC2CCCCN2C)ncc1F. The maximum absolute atomic E-state index is 13.5. The molecule has 1 aliphatic rings. The summed E-state index contributed by atoms with van der Waals surface area (Å²) in [6.45, 7) is 2.00. The third-order valence-electron chi connectivity index (χ3n) is 3.83. The minimum Gasteiger partial charge on any atom is -0.360 e. The molecule has 1 aromatic rings. The number of nitrogens with one attached hydrogen (secondary N) is 1.